The molecule has 0 amide bonds. The number of para-hydroxylation sites is 1. The highest BCUT2D eigenvalue weighted by Gasteiger charge is 2.29. The lowest BCUT2D eigenvalue weighted by atomic mass is 10.1. The summed E-state index contributed by atoms with van der Waals surface area (Å²) in [5.41, 5.74) is 8.08. The number of rotatable bonds is 5. The number of aromatic nitrogens is 1. The summed E-state index contributed by atoms with van der Waals surface area (Å²) >= 11 is 0. The smallest absolute Gasteiger partial charge is 0.128 e. The van der Waals surface area contributed by atoms with Gasteiger partial charge >= 0.3 is 0 Å². The van der Waals surface area contributed by atoms with Crippen molar-refractivity contribution in [1.82, 2.24) is 9.88 Å². The van der Waals surface area contributed by atoms with Crippen molar-refractivity contribution >= 4 is 16.7 Å². The number of nitriles is 1. The SMILES string of the molecule is N#CCCN(Cc1cc2ccccc2nc1N)C1CC1. The number of fused-ring (bicyclic) bond motifs is 1. The first-order valence-electron chi connectivity index (χ1n) is 7.03. The van der Waals surface area contributed by atoms with E-state index in [1.807, 2.05) is 18.2 Å². The van der Waals surface area contributed by atoms with E-state index in [0.717, 1.165) is 29.6 Å². The lowest BCUT2D eigenvalue weighted by molar-refractivity contribution is 0.261. The maximum Gasteiger partial charge on any atom is 0.128 e. The van der Waals surface area contributed by atoms with Crippen molar-refractivity contribution in [3.63, 3.8) is 0 Å². The molecule has 0 unspecified atom stereocenters. The third-order valence-electron chi connectivity index (χ3n) is 3.78. The van der Waals surface area contributed by atoms with Gasteiger partial charge in [-0.3, -0.25) is 4.90 Å². The summed E-state index contributed by atoms with van der Waals surface area (Å²) in [6.45, 7) is 1.60. The molecule has 3 rings (SSSR count). The Morgan fingerprint density at radius 3 is 2.90 bits per heavy atom. The molecule has 1 aliphatic rings. The molecule has 1 aliphatic carbocycles. The summed E-state index contributed by atoms with van der Waals surface area (Å²) in [6, 6.07) is 13.0. The van der Waals surface area contributed by atoms with Gasteiger partial charge in [-0.1, -0.05) is 18.2 Å². The van der Waals surface area contributed by atoms with Crippen LogP contribution in [0.2, 0.25) is 0 Å². The molecule has 0 spiro atoms. The number of benzene rings is 1. The molecule has 2 N–H and O–H groups in total. The highest BCUT2D eigenvalue weighted by Crippen LogP contribution is 2.29. The molecule has 2 aromatic rings. The molecule has 0 saturated heterocycles. The van der Waals surface area contributed by atoms with Crippen LogP contribution in [0.5, 0.6) is 0 Å². The zero-order valence-corrected chi connectivity index (χ0v) is 11.4. The molecule has 4 nitrogen and oxygen atoms in total. The van der Waals surface area contributed by atoms with E-state index in [2.05, 4.69) is 28.1 Å². The molecule has 102 valence electrons. The summed E-state index contributed by atoms with van der Waals surface area (Å²) in [4.78, 5) is 6.83. The molecular weight excluding hydrogens is 248 g/mol. The average molecular weight is 266 g/mol. The Labute approximate surface area is 118 Å². The van der Waals surface area contributed by atoms with Crippen molar-refractivity contribution in [3.05, 3.63) is 35.9 Å². The van der Waals surface area contributed by atoms with Crippen molar-refractivity contribution in [1.29, 1.82) is 5.26 Å². The van der Waals surface area contributed by atoms with E-state index in [1.54, 1.807) is 0 Å². The van der Waals surface area contributed by atoms with Crippen LogP contribution in [-0.4, -0.2) is 22.5 Å². The van der Waals surface area contributed by atoms with Gasteiger partial charge in [0.2, 0.25) is 0 Å². The van der Waals surface area contributed by atoms with E-state index < -0.39 is 0 Å². The second-order valence-corrected chi connectivity index (χ2v) is 5.34. The van der Waals surface area contributed by atoms with Crippen LogP contribution in [0.25, 0.3) is 10.9 Å². The van der Waals surface area contributed by atoms with Crippen LogP contribution in [0.1, 0.15) is 24.8 Å². The highest BCUT2D eigenvalue weighted by molar-refractivity contribution is 5.81. The van der Waals surface area contributed by atoms with Crippen LogP contribution in [0.4, 0.5) is 5.82 Å². The van der Waals surface area contributed by atoms with Crippen LogP contribution in [-0.2, 0) is 6.54 Å². The van der Waals surface area contributed by atoms with Crippen molar-refractivity contribution in [3.8, 4) is 6.07 Å². The van der Waals surface area contributed by atoms with Gasteiger partial charge in [0, 0.05) is 36.5 Å². The van der Waals surface area contributed by atoms with Crippen molar-refractivity contribution in [2.24, 2.45) is 0 Å². The number of hydrogen-bond acceptors (Lipinski definition) is 4. The van der Waals surface area contributed by atoms with Gasteiger partial charge in [-0.05, 0) is 25.0 Å². The summed E-state index contributed by atoms with van der Waals surface area (Å²) in [5, 5.41) is 9.88. The minimum atomic E-state index is 0.567. The van der Waals surface area contributed by atoms with E-state index in [1.165, 1.54) is 12.8 Å². The molecule has 1 aromatic carbocycles. The molecular formula is C16H18N4. The fraction of sp³-hybridized carbons (Fsp3) is 0.375. The summed E-state index contributed by atoms with van der Waals surface area (Å²) in [6.07, 6.45) is 3.02. The standard InChI is InChI=1S/C16H18N4/c17-8-3-9-20(14-6-7-14)11-13-10-12-4-1-2-5-15(12)19-16(13)18/h1-2,4-5,10,14H,3,6-7,9,11H2,(H2,18,19). The minimum absolute atomic E-state index is 0.567. The fourth-order valence-electron chi connectivity index (χ4n) is 2.54. The maximum atomic E-state index is 8.77. The first-order chi connectivity index (χ1) is 9.78. The van der Waals surface area contributed by atoms with Gasteiger partial charge < -0.3 is 5.73 Å². The Morgan fingerprint density at radius 2 is 2.15 bits per heavy atom. The molecule has 1 fully saturated rings. The molecule has 4 heteroatoms. The molecule has 1 aromatic heterocycles. The van der Waals surface area contributed by atoms with E-state index >= 15 is 0 Å². The quantitative estimate of drug-likeness (QED) is 0.903. The average Bonchev–Trinajstić information content (AvgIpc) is 3.28. The monoisotopic (exact) mass is 266 g/mol. The summed E-state index contributed by atoms with van der Waals surface area (Å²) in [5.74, 6) is 0.603. The third kappa shape index (κ3) is 2.73. The van der Waals surface area contributed by atoms with Gasteiger partial charge in [-0.15, -0.1) is 0 Å². The number of nitrogens with zero attached hydrogens (tertiary/aromatic N) is 3. The second-order valence-electron chi connectivity index (χ2n) is 5.34. The van der Waals surface area contributed by atoms with Crippen molar-refractivity contribution < 1.29 is 0 Å². The number of nitrogens with two attached hydrogens (primary N) is 1. The lowest BCUT2D eigenvalue weighted by Gasteiger charge is -2.21. The molecule has 1 saturated carbocycles. The van der Waals surface area contributed by atoms with Gasteiger partial charge in [0.05, 0.1) is 11.6 Å². The zero-order valence-electron chi connectivity index (χ0n) is 11.4. The van der Waals surface area contributed by atoms with Crippen LogP contribution < -0.4 is 5.73 Å². The van der Waals surface area contributed by atoms with Crippen LogP contribution in [0, 0.1) is 11.3 Å². The van der Waals surface area contributed by atoms with Gasteiger partial charge in [-0.2, -0.15) is 5.26 Å². The number of nitrogen functional groups attached to an aromatic ring is 1. The van der Waals surface area contributed by atoms with E-state index in [4.69, 9.17) is 11.0 Å². The molecule has 0 aliphatic heterocycles. The van der Waals surface area contributed by atoms with Gasteiger partial charge in [0.1, 0.15) is 5.82 Å². The summed E-state index contributed by atoms with van der Waals surface area (Å²) < 4.78 is 0. The normalized spacial score (nSPS) is 14.6. The number of anilines is 1. The van der Waals surface area contributed by atoms with Gasteiger partial charge in [0.25, 0.3) is 0 Å². The Hall–Kier alpha value is -2.12. The highest BCUT2D eigenvalue weighted by atomic mass is 15.2. The largest absolute Gasteiger partial charge is 0.383 e. The Balaban J connectivity index is 1.85. The molecule has 0 bridgehead atoms. The first kappa shape index (κ1) is 12.9. The number of pyridine rings is 1. The maximum absolute atomic E-state index is 8.77. The van der Waals surface area contributed by atoms with E-state index in [9.17, 15) is 0 Å². The molecule has 20 heavy (non-hydrogen) atoms. The zero-order chi connectivity index (χ0) is 13.9. The van der Waals surface area contributed by atoms with Gasteiger partial charge in [0.15, 0.2) is 0 Å². The molecule has 1 heterocycles. The van der Waals surface area contributed by atoms with Crippen LogP contribution in [0.15, 0.2) is 30.3 Å². The third-order valence-corrected chi connectivity index (χ3v) is 3.78. The van der Waals surface area contributed by atoms with E-state index in [0.29, 0.717) is 18.3 Å². The fourth-order valence-corrected chi connectivity index (χ4v) is 2.54. The van der Waals surface area contributed by atoms with Crippen molar-refractivity contribution in [2.75, 3.05) is 12.3 Å². The second kappa shape index (κ2) is 5.48. The first-order valence-corrected chi connectivity index (χ1v) is 7.03. The molecule has 0 atom stereocenters. The number of hydrogen-bond donors (Lipinski definition) is 1. The predicted molar refractivity (Wildman–Crippen MR) is 79.8 cm³/mol. The molecule has 0 radical (unpaired) electrons. The van der Waals surface area contributed by atoms with Gasteiger partial charge in [-0.25, -0.2) is 4.98 Å². The Morgan fingerprint density at radius 1 is 1.35 bits per heavy atom. The Kier molecular flexibility index (Phi) is 3.53. The Bertz CT molecular complexity index is 655. The topological polar surface area (TPSA) is 65.9 Å². The minimum Gasteiger partial charge on any atom is -0.383 e. The van der Waals surface area contributed by atoms with E-state index in [-0.39, 0.29) is 0 Å². The van der Waals surface area contributed by atoms with Crippen LogP contribution in [0.3, 0.4) is 0 Å². The summed E-state index contributed by atoms with van der Waals surface area (Å²) in [7, 11) is 0. The van der Waals surface area contributed by atoms with Crippen LogP contribution >= 0.6 is 0 Å². The van der Waals surface area contributed by atoms with Crippen molar-refractivity contribution in [2.45, 2.75) is 31.8 Å². The lowest BCUT2D eigenvalue weighted by Crippen LogP contribution is -2.27. The predicted octanol–water partition coefficient (Wildman–Crippen LogP) is 2.70.